The predicted molar refractivity (Wildman–Crippen MR) is 63.2 cm³/mol. The van der Waals surface area contributed by atoms with E-state index in [1.54, 1.807) is 0 Å². The predicted octanol–water partition coefficient (Wildman–Crippen LogP) is 2.89. The maximum Gasteiger partial charge on any atom is 0.430 e. The van der Waals surface area contributed by atoms with Crippen molar-refractivity contribution in [2.75, 3.05) is 11.9 Å². The number of hydrogen-bond acceptors (Lipinski definition) is 3. The van der Waals surface area contributed by atoms with E-state index in [1.165, 1.54) is 0 Å². The molecular weight excluding hydrogens is 320 g/mol. The van der Waals surface area contributed by atoms with Crippen LogP contribution in [0.4, 0.5) is 32.0 Å². The van der Waals surface area contributed by atoms with Gasteiger partial charge in [-0.2, -0.15) is 26.3 Å². The molecule has 1 aromatic carbocycles. The van der Waals surface area contributed by atoms with Crippen LogP contribution in [-0.4, -0.2) is 35.1 Å². The molecule has 4 nitrogen and oxygen atoms in total. The number of hydrogen-bond donors (Lipinski definition) is 3. The van der Waals surface area contributed by atoms with E-state index in [1.807, 2.05) is 0 Å². The number of aliphatic carboxylic acids is 1. The number of nitrogens with one attached hydrogen (secondary N) is 1. The molecule has 0 saturated carbocycles. The van der Waals surface area contributed by atoms with Crippen molar-refractivity contribution in [3.05, 3.63) is 29.8 Å². The Bertz CT molecular complexity index is 509. The molecule has 0 aliphatic carbocycles. The van der Waals surface area contributed by atoms with Gasteiger partial charge in [-0.25, -0.2) is 0 Å². The molecule has 22 heavy (non-hydrogen) atoms. The summed E-state index contributed by atoms with van der Waals surface area (Å²) < 4.78 is 75.8. The second-order valence-electron chi connectivity index (χ2n) is 4.35. The zero-order chi connectivity index (χ0) is 17.2. The zero-order valence-electron chi connectivity index (χ0n) is 10.8. The largest absolute Gasteiger partial charge is 0.481 e. The Morgan fingerprint density at radius 3 is 1.82 bits per heavy atom. The molecule has 0 unspecified atom stereocenters. The van der Waals surface area contributed by atoms with E-state index in [0.29, 0.717) is 12.1 Å². The van der Waals surface area contributed by atoms with Gasteiger partial charge in [-0.05, 0) is 12.1 Å². The van der Waals surface area contributed by atoms with Gasteiger partial charge in [0.1, 0.15) is 0 Å². The van der Waals surface area contributed by atoms with Crippen molar-refractivity contribution in [1.29, 1.82) is 0 Å². The van der Waals surface area contributed by atoms with Crippen molar-refractivity contribution in [3.8, 4) is 0 Å². The summed E-state index contributed by atoms with van der Waals surface area (Å²) in [5.41, 5.74) is -6.23. The number of halogens is 6. The molecule has 124 valence electrons. The zero-order valence-corrected chi connectivity index (χ0v) is 10.8. The van der Waals surface area contributed by atoms with Gasteiger partial charge >= 0.3 is 18.3 Å². The number of carboxylic acids is 1. The van der Waals surface area contributed by atoms with E-state index in [2.05, 4.69) is 5.32 Å². The topological polar surface area (TPSA) is 69.6 Å². The van der Waals surface area contributed by atoms with Crippen LogP contribution in [0.1, 0.15) is 12.0 Å². The summed E-state index contributed by atoms with van der Waals surface area (Å²) in [6.45, 7) is -0.0580. The minimum Gasteiger partial charge on any atom is -0.481 e. The number of alkyl halides is 6. The first-order valence-corrected chi connectivity index (χ1v) is 5.81. The number of aliphatic hydroxyl groups is 1. The van der Waals surface area contributed by atoms with Crippen molar-refractivity contribution in [3.63, 3.8) is 0 Å². The number of benzene rings is 1. The van der Waals surface area contributed by atoms with E-state index in [4.69, 9.17) is 10.2 Å². The Hall–Kier alpha value is -1.97. The summed E-state index contributed by atoms with van der Waals surface area (Å²) in [5, 5.41) is 20.1. The summed E-state index contributed by atoms with van der Waals surface area (Å²) in [7, 11) is 0. The van der Waals surface area contributed by atoms with E-state index >= 15 is 0 Å². The average Bonchev–Trinajstić information content (AvgIpc) is 2.35. The first-order chi connectivity index (χ1) is 9.89. The van der Waals surface area contributed by atoms with Crippen LogP contribution < -0.4 is 5.32 Å². The average molecular weight is 331 g/mol. The van der Waals surface area contributed by atoms with Crippen molar-refractivity contribution in [2.24, 2.45) is 0 Å². The van der Waals surface area contributed by atoms with Gasteiger partial charge in [-0.3, -0.25) is 4.79 Å². The number of anilines is 1. The molecule has 0 spiro atoms. The highest BCUT2D eigenvalue weighted by Crippen LogP contribution is 2.50. The van der Waals surface area contributed by atoms with Crippen LogP contribution in [0.25, 0.3) is 0 Å². The second-order valence-corrected chi connectivity index (χ2v) is 4.35. The molecule has 0 bridgehead atoms. The van der Waals surface area contributed by atoms with Gasteiger partial charge in [0.05, 0.1) is 6.42 Å². The quantitative estimate of drug-likeness (QED) is 0.726. The molecule has 10 heteroatoms. The lowest BCUT2D eigenvalue weighted by atomic mass is 9.92. The molecule has 0 aliphatic rings. The van der Waals surface area contributed by atoms with Gasteiger partial charge in [0.25, 0.3) is 5.60 Å². The van der Waals surface area contributed by atoms with Crippen LogP contribution in [0.15, 0.2) is 24.3 Å². The molecule has 0 saturated heterocycles. The van der Waals surface area contributed by atoms with Crippen LogP contribution in [0, 0.1) is 0 Å². The molecule has 0 atom stereocenters. The first kappa shape index (κ1) is 18.1. The van der Waals surface area contributed by atoms with Crippen molar-refractivity contribution < 1.29 is 41.4 Å². The lowest BCUT2D eigenvalue weighted by Gasteiger charge is -2.32. The van der Waals surface area contributed by atoms with Crippen molar-refractivity contribution in [1.82, 2.24) is 0 Å². The molecule has 0 heterocycles. The molecule has 1 aromatic rings. The Morgan fingerprint density at radius 2 is 1.45 bits per heavy atom. The molecule has 0 fully saturated rings. The summed E-state index contributed by atoms with van der Waals surface area (Å²) >= 11 is 0. The van der Waals surface area contributed by atoms with Gasteiger partial charge in [-0.15, -0.1) is 0 Å². The van der Waals surface area contributed by atoms with Gasteiger partial charge in [0, 0.05) is 17.8 Å². The smallest absolute Gasteiger partial charge is 0.430 e. The van der Waals surface area contributed by atoms with Crippen molar-refractivity contribution in [2.45, 2.75) is 24.4 Å². The standard InChI is InChI=1S/C12H11F6NO3/c13-11(14,15)10(22,12(16,17)18)7-1-3-8(4-2-7)19-6-5-9(20)21/h1-4,19,22H,5-6H2,(H,20,21). The molecular formula is C12H11F6NO3. The molecule has 0 aromatic heterocycles. The summed E-state index contributed by atoms with van der Waals surface area (Å²) in [6, 6.07) is 2.73. The molecule has 3 N–H and O–H groups in total. The van der Waals surface area contributed by atoms with Crippen LogP contribution in [-0.2, 0) is 10.4 Å². The van der Waals surface area contributed by atoms with Crippen LogP contribution in [0.2, 0.25) is 0 Å². The van der Waals surface area contributed by atoms with Crippen LogP contribution in [0.5, 0.6) is 0 Å². The third kappa shape index (κ3) is 3.62. The maximum absolute atomic E-state index is 12.6. The number of carboxylic acid groups (broad SMARTS) is 1. The third-order valence-corrected chi connectivity index (χ3v) is 2.79. The minimum atomic E-state index is -5.94. The monoisotopic (exact) mass is 331 g/mol. The summed E-state index contributed by atoms with van der Waals surface area (Å²) in [5.74, 6) is -1.12. The number of carbonyl (C=O) groups is 1. The number of rotatable bonds is 5. The SMILES string of the molecule is O=C(O)CCNc1ccc(C(O)(C(F)(F)F)C(F)(F)F)cc1. The highest BCUT2D eigenvalue weighted by molar-refractivity contribution is 5.67. The van der Waals surface area contributed by atoms with Crippen LogP contribution in [0.3, 0.4) is 0 Å². The van der Waals surface area contributed by atoms with Gasteiger partial charge in [-0.1, -0.05) is 12.1 Å². The van der Waals surface area contributed by atoms with E-state index in [-0.39, 0.29) is 18.7 Å². The molecule has 1 rings (SSSR count). The fraction of sp³-hybridized carbons (Fsp3) is 0.417. The van der Waals surface area contributed by atoms with E-state index < -0.39 is 29.5 Å². The Labute approximate surface area is 120 Å². The fourth-order valence-corrected chi connectivity index (χ4v) is 1.63. The van der Waals surface area contributed by atoms with E-state index in [9.17, 15) is 31.1 Å². The second kappa shape index (κ2) is 6.03. The Balaban J connectivity index is 3.03. The maximum atomic E-state index is 12.6. The van der Waals surface area contributed by atoms with E-state index in [0.717, 1.165) is 12.1 Å². The fourth-order valence-electron chi connectivity index (χ4n) is 1.63. The Kier molecular flexibility index (Phi) is 4.96. The summed E-state index contributed by atoms with van der Waals surface area (Å²) in [4.78, 5) is 10.3. The highest BCUT2D eigenvalue weighted by Gasteiger charge is 2.71. The molecule has 0 amide bonds. The van der Waals surface area contributed by atoms with Gasteiger partial charge in [0.2, 0.25) is 0 Å². The first-order valence-electron chi connectivity index (χ1n) is 5.81. The van der Waals surface area contributed by atoms with Gasteiger partial charge < -0.3 is 15.5 Å². The normalized spacial score (nSPS) is 13.0. The highest BCUT2D eigenvalue weighted by atomic mass is 19.4. The van der Waals surface area contributed by atoms with Crippen molar-refractivity contribution >= 4 is 11.7 Å². The van der Waals surface area contributed by atoms with Crippen LogP contribution >= 0.6 is 0 Å². The Morgan fingerprint density at radius 1 is 1.00 bits per heavy atom. The lowest BCUT2D eigenvalue weighted by molar-refractivity contribution is -0.376. The van der Waals surface area contributed by atoms with Gasteiger partial charge in [0.15, 0.2) is 0 Å². The lowest BCUT2D eigenvalue weighted by Crippen LogP contribution is -2.53. The summed E-state index contributed by atoms with van der Waals surface area (Å²) in [6.07, 6.45) is -12.2. The minimum absolute atomic E-state index is 0.0580. The molecule has 0 aliphatic heterocycles. The molecule has 0 radical (unpaired) electrons. The third-order valence-electron chi connectivity index (χ3n) is 2.79.